The van der Waals surface area contributed by atoms with Crippen molar-refractivity contribution < 1.29 is 4.74 Å². The molecule has 1 unspecified atom stereocenters. The lowest BCUT2D eigenvalue weighted by Gasteiger charge is -2.22. The molecule has 3 rings (SSSR count). The summed E-state index contributed by atoms with van der Waals surface area (Å²) >= 11 is 5.96. The van der Waals surface area contributed by atoms with E-state index in [0.29, 0.717) is 5.15 Å². The Morgan fingerprint density at radius 1 is 1.33 bits per heavy atom. The van der Waals surface area contributed by atoms with E-state index in [0.717, 1.165) is 61.7 Å². The maximum absolute atomic E-state index is 7.72. The van der Waals surface area contributed by atoms with Gasteiger partial charge in [0.1, 0.15) is 5.15 Å². The monoisotopic (exact) mass is 346 g/mol. The van der Waals surface area contributed by atoms with Crippen LogP contribution in [0.15, 0.2) is 24.4 Å². The molecule has 1 aliphatic heterocycles. The molecule has 1 saturated heterocycles. The average Bonchev–Trinajstić information content (AvgIpc) is 2.62. The minimum Gasteiger partial charge on any atom is -0.381 e. The Labute approximate surface area is 147 Å². The topological polar surface area (TPSA) is 70.9 Å². The Morgan fingerprint density at radius 3 is 2.96 bits per heavy atom. The predicted octanol–water partition coefficient (Wildman–Crippen LogP) is 3.42. The van der Waals surface area contributed by atoms with Gasteiger partial charge in [0.2, 0.25) is 0 Å². The van der Waals surface area contributed by atoms with E-state index in [1.807, 2.05) is 18.3 Å². The molecule has 1 atom stereocenters. The minimum atomic E-state index is -0.00243. The molecule has 1 fully saturated rings. The lowest BCUT2D eigenvalue weighted by Crippen LogP contribution is -2.26. The van der Waals surface area contributed by atoms with E-state index in [1.54, 1.807) is 6.07 Å². The van der Waals surface area contributed by atoms with Crippen LogP contribution in [0.3, 0.4) is 0 Å². The molecule has 0 bridgehead atoms. The third-order valence-electron chi connectivity index (χ3n) is 4.59. The molecule has 6 heteroatoms. The zero-order valence-electron chi connectivity index (χ0n) is 13.7. The molecule has 2 aromatic heterocycles. The van der Waals surface area contributed by atoms with Gasteiger partial charge in [0, 0.05) is 38.1 Å². The molecule has 5 nitrogen and oxygen atoms in total. The summed E-state index contributed by atoms with van der Waals surface area (Å²) in [7, 11) is 0. The van der Waals surface area contributed by atoms with Crippen molar-refractivity contribution in [1.82, 2.24) is 15.3 Å². The maximum atomic E-state index is 7.72. The molecular weight excluding hydrogens is 324 g/mol. The van der Waals surface area contributed by atoms with Crippen LogP contribution in [0.25, 0.3) is 11.0 Å². The van der Waals surface area contributed by atoms with Crippen molar-refractivity contribution >= 4 is 28.8 Å². The van der Waals surface area contributed by atoms with Crippen molar-refractivity contribution in [3.8, 4) is 0 Å². The Kier molecular flexibility index (Phi) is 6.12. The van der Waals surface area contributed by atoms with Crippen LogP contribution >= 0.6 is 11.6 Å². The van der Waals surface area contributed by atoms with E-state index >= 15 is 0 Å². The number of nitrogens with one attached hydrogen (secondary N) is 2. The Morgan fingerprint density at radius 2 is 2.17 bits per heavy atom. The highest BCUT2D eigenvalue weighted by molar-refractivity contribution is 6.29. The maximum Gasteiger partial charge on any atom is 0.129 e. The van der Waals surface area contributed by atoms with Crippen LogP contribution < -0.4 is 5.32 Å². The molecule has 0 aromatic carbocycles. The third kappa shape index (κ3) is 4.50. The van der Waals surface area contributed by atoms with E-state index in [2.05, 4.69) is 15.3 Å². The molecule has 1 aliphatic rings. The van der Waals surface area contributed by atoms with Gasteiger partial charge in [-0.25, -0.2) is 4.98 Å². The van der Waals surface area contributed by atoms with Crippen molar-refractivity contribution in [2.75, 3.05) is 26.3 Å². The predicted molar refractivity (Wildman–Crippen MR) is 97.1 cm³/mol. The first kappa shape index (κ1) is 17.3. The second kappa shape index (κ2) is 8.51. The van der Waals surface area contributed by atoms with Crippen LogP contribution in [0.2, 0.25) is 5.15 Å². The van der Waals surface area contributed by atoms with Gasteiger partial charge < -0.3 is 15.5 Å². The Hall–Kier alpha value is -1.56. The second-order valence-corrected chi connectivity index (χ2v) is 6.65. The lowest BCUT2D eigenvalue weighted by molar-refractivity contribution is 0.0640. The van der Waals surface area contributed by atoms with Gasteiger partial charge in [0.25, 0.3) is 0 Å². The van der Waals surface area contributed by atoms with Gasteiger partial charge in [0.05, 0.1) is 11.0 Å². The summed E-state index contributed by atoms with van der Waals surface area (Å²) in [6.45, 7) is 3.50. The van der Waals surface area contributed by atoms with E-state index in [-0.39, 0.29) is 5.92 Å². The highest BCUT2D eigenvalue weighted by atomic mass is 35.5. The van der Waals surface area contributed by atoms with Crippen molar-refractivity contribution in [3.05, 3.63) is 35.1 Å². The second-order valence-electron chi connectivity index (χ2n) is 6.26. The van der Waals surface area contributed by atoms with Crippen molar-refractivity contribution in [2.24, 2.45) is 5.92 Å². The summed E-state index contributed by atoms with van der Waals surface area (Å²) < 4.78 is 5.39. The van der Waals surface area contributed by atoms with Gasteiger partial charge in [0.15, 0.2) is 0 Å². The van der Waals surface area contributed by atoms with E-state index in [1.165, 1.54) is 12.6 Å². The van der Waals surface area contributed by atoms with Gasteiger partial charge in [-0.1, -0.05) is 11.6 Å². The van der Waals surface area contributed by atoms with Crippen molar-refractivity contribution in [2.45, 2.75) is 25.2 Å². The van der Waals surface area contributed by atoms with Crippen molar-refractivity contribution in [1.29, 1.82) is 5.41 Å². The fraction of sp³-hybridized carbons (Fsp3) is 0.500. The fourth-order valence-corrected chi connectivity index (χ4v) is 3.23. The molecule has 2 N–H and O–H groups in total. The van der Waals surface area contributed by atoms with Crippen LogP contribution in [0.5, 0.6) is 0 Å². The molecule has 3 heterocycles. The molecule has 0 aliphatic carbocycles. The number of rotatable bonds is 7. The average molecular weight is 347 g/mol. The van der Waals surface area contributed by atoms with Crippen LogP contribution in [0.1, 0.15) is 30.7 Å². The summed E-state index contributed by atoms with van der Waals surface area (Å²) in [5, 5.41) is 11.7. The highest BCUT2D eigenvalue weighted by Gasteiger charge is 2.14. The molecule has 0 amide bonds. The van der Waals surface area contributed by atoms with Crippen LogP contribution in [0, 0.1) is 11.3 Å². The van der Waals surface area contributed by atoms with Gasteiger partial charge in [-0.05, 0) is 55.5 Å². The van der Waals surface area contributed by atoms with Gasteiger partial charge in [-0.15, -0.1) is 0 Å². The number of hydrogen-bond donors (Lipinski definition) is 2. The largest absolute Gasteiger partial charge is 0.381 e. The number of pyridine rings is 2. The molecule has 0 saturated carbocycles. The first-order valence-electron chi connectivity index (χ1n) is 8.47. The number of fused-ring (bicyclic) bond motifs is 1. The summed E-state index contributed by atoms with van der Waals surface area (Å²) in [6, 6.07) is 5.58. The normalized spacial score (nSPS) is 17.0. The summed E-state index contributed by atoms with van der Waals surface area (Å²) in [5.41, 5.74) is 2.58. The van der Waals surface area contributed by atoms with Crippen LogP contribution in [-0.4, -0.2) is 42.5 Å². The van der Waals surface area contributed by atoms with E-state index in [9.17, 15) is 0 Å². The summed E-state index contributed by atoms with van der Waals surface area (Å²) in [5.74, 6) is 0.760. The van der Waals surface area contributed by atoms with E-state index in [4.69, 9.17) is 21.7 Å². The standard InChI is InChI=1S/C18H23ClN4O/c19-18-2-1-16-17(23-18)9-14(12-22-16)15(10-20)11-21-6-3-13-4-7-24-8-5-13/h1-2,9-10,12-13,15,20-21H,3-8,11H2. The molecule has 0 radical (unpaired) electrons. The van der Waals surface area contributed by atoms with Gasteiger partial charge >= 0.3 is 0 Å². The molecule has 24 heavy (non-hydrogen) atoms. The van der Waals surface area contributed by atoms with Crippen molar-refractivity contribution in [3.63, 3.8) is 0 Å². The molecule has 2 aromatic rings. The minimum absolute atomic E-state index is 0.00243. The number of hydrogen-bond acceptors (Lipinski definition) is 5. The first-order valence-corrected chi connectivity index (χ1v) is 8.85. The van der Waals surface area contributed by atoms with Gasteiger partial charge in [-0.3, -0.25) is 4.98 Å². The highest BCUT2D eigenvalue weighted by Crippen LogP contribution is 2.20. The zero-order chi connectivity index (χ0) is 16.8. The zero-order valence-corrected chi connectivity index (χ0v) is 14.4. The Bertz CT molecular complexity index is 688. The summed E-state index contributed by atoms with van der Waals surface area (Å²) in [6.07, 6.45) is 6.79. The quantitative estimate of drug-likeness (QED) is 0.458. The smallest absolute Gasteiger partial charge is 0.129 e. The number of ether oxygens (including phenoxy) is 1. The lowest BCUT2D eigenvalue weighted by atomic mass is 9.96. The molecule has 0 spiro atoms. The van der Waals surface area contributed by atoms with E-state index < -0.39 is 0 Å². The van der Waals surface area contributed by atoms with Crippen LogP contribution in [0.4, 0.5) is 0 Å². The molecule has 128 valence electrons. The number of aromatic nitrogens is 2. The Balaban J connectivity index is 1.56. The number of nitrogens with zero attached hydrogens (tertiary/aromatic N) is 2. The SMILES string of the molecule is N=CC(CNCCC1CCOCC1)c1cnc2ccc(Cl)nc2c1. The fourth-order valence-electron chi connectivity index (χ4n) is 3.07. The molecular formula is C18H23ClN4O. The van der Waals surface area contributed by atoms with Crippen LogP contribution in [-0.2, 0) is 4.74 Å². The summed E-state index contributed by atoms with van der Waals surface area (Å²) in [4.78, 5) is 8.73. The third-order valence-corrected chi connectivity index (χ3v) is 4.80. The number of halogens is 1. The first-order chi connectivity index (χ1) is 11.8. The van der Waals surface area contributed by atoms with Gasteiger partial charge in [-0.2, -0.15) is 0 Å².